The lowest BCUT2D eigenvalue weighted by atomic mass is 10.2. The Morgan fingerprint density at radius 2 is 2.08 bits per heavy atom. The standard InChI is InChI=1S/C13H21N5O4S2/c1-24(20,21)18-6-4-17(5-7-18)9-11(19)14-13-16-15-12(23-13)10-3-2-8-22-10/h10H,2-9H2,1H3,(H,14,16,19). The van der Waals surface area contributed by atoms with Gasteiger partial charge in [-0.3, -0.25) is 15.0 Å². The van der Waals surface area contributed by atoms with E-state index in [4.69, 9.17) is 4.74 Å². The van der Waals surface area contributed by atoms with E-state index >= 15 is 0 Å². The van der Waals surface area contributed by atoms with Gasteiger partial charge >= 0.3 is 0 Å². The van der Waals surface area contributed by atoms with Gasteiger partial charge in [0.15, 0.2) is 0 Å². The average molecular weight is 375 g/mol. The van der Waals surface area contributed by atoms with Gasteiger partial charge in [-0.15, -0.1) is 10.2 Å². The maximum absolute atomic E-state index is 12.1. The number of piperazine rings is 1. The predicted octanol–water partition coefficient (Wildman–Crippen LogP) is -0.0947. The van der Waals surface area contributed by atoms with Crippen molar-refractivity contribution in [3.63, 3.8) is 0 Å². The smallest absolute Gasteiger partial charge is 0.240 e. The van der Waals surface area contributed by atoms with Gasteiger partial charge in [0.05, 0.1) is 12.8 Å². The molecule has 1 N–H and O–H groups in total. The van der Waals surface area contributed by atoms with Gasteiger partial charge in [0, 0.05) is 32.8 Å². The topological polar surface area (TPSA) is 105 Å². The minimum Gasteiger partial charge on any atom is -0.371 e. The number of hydrogen-bond acceptors (Lipinski definition) is 8. The fourth-order valence-electron chi connectivity index (χ4n) is 2.77. The van der Waals surface area contributed by atoms with Crippen LogP contribution in [0.5, 0.6) is 0 Å². The second-order valence-electron chi connectivity index (χ2n) is 5.93. The Balaban J connectivity index is 1.46. The van der Waals surface area contributed by atoms with Crippen LogP contribution in [0.25, 0.3) is 0 Å². The summed E-state index contributed by atoms with van der Waals surface area (Å²) in [5.74, 6) is -0.169. The number of rotatable bonds is 5. The maximum atomic E-state index is 12.1. The van der Waals surface area contributed by atoms with Crippen molar-refractivity contribution in [2.45, 2.75) is 18.9 Å². The van der Waals surface area contributed by atoms with Crippen LogP contribution in [0.3, 0.4) is 0 Å². The summed E-state index contributed by atoms with van der Waals surface area (Å²) in [5.41, 5.74) is 0. The number of hydrogen-bond donors (Lipinski definition) is 1. The Morgan fingerprint density at radius 1 is 1.33 bits per heavy atom. The number of ether oxygens (including phenoxy) is 1. The summed E-state index contributed by atoms with van der Waals surface area (Å²) < 4.78 is 29.9. The van der Waals surface area contributed by atoms with Crippen molar-refractivity contribution in [2.75, 3.05) is 50.9 Å². The van der Waals surface area contributed by atoms with Crippen LogP contribution < -0.4 is 5.32 Å². The van der Waals surface area contributed by atoms with Crippen LogP contribution in [0.1, 0.15) is 24.0 Å². The van der Waals surface area contributed by atoms with Gasteiger partial charge in [-0.25, -0.2) is 8.42 Å². The van der Waals surface area contributed by atoms with Gasteiger partial charge in [0.2, 0.25) is 21.1 Å². The zero-order valence-corrected chi connectivity index (χ0v) is 15.1. The first-order valence-corrected chi connectivity index (χ1v) is 10.5. The number of aromatic nitrogens is 2. The molecule has 0 aliphatic carbocycles. The Kier molecular flexibility index (Phi) is 5.45. The summed E-state index contributed by atoms with van der Waals surface area (Å²) in [6.45, 7) is 2.86. The highest BCUT2D eigenvalue weighted by molar-refractivity contribution is 7.88. The molecule has 1 amide bonds. The molecule has 2 saturated heterocycles. The average Bonchev–Trinajstić information content (AvgIpc) is 3.17. The van der Waals surface area contributed by atoms with E-state index in [2.05, 4.69) is 15.5 Å². The van der Waals surface area contributed by atoms with Gasteiger partial charge in [-0.2, -0.15) is 4.31 Å². The third-order valence-corrected chi connectivity index (χ3v) is 6.29. The first-order valence-electron chi connectivity index (χ1n) is 7.84. The van der Waals surface area contributed by atoms with Crippen LogP contribution in [0.2, 0.25) is 0 Å². The van der Waals surface area contributed by atoms with E-state index in [-0.39, 0.29) is 18.6 Å². The number of anilines is 1. The van der Waals surface area contributed by atoms with Gasteiger partial charge in [0.1, 0.15) is 11.1 Å². The van der Waals surface area contributed by atoms with Crippen LogP contribution in [0.15, 0.2) is 0 Å². The molecule has 1 aromatic rings. The van der Waals surface area contributed by atoms with Crippen molar-refractivity contribution in [3.05, 3.63) is 5.01 Å². The van der Waals surface area contributed by atoms with Crippen molar-refractivity contribution in [1.82, 2.24) is 19.4 Å². The third kappa shape index (κ3) is 4.48. The molecular formula is C13H21N5O4S2. The first kappa shape index (κ1) is 17.7. The molecule has 134 valence electrons. The number of carbonyl (C=O) groups excluding carboxylic acids is 1. The van der Waals surface area contributed by atoms with Gasteiger partial charge in [-0.05, 0) is 12.8 Å². The Labute approximate surface area is 145 Å². The second kappa shape index (κ2) is 7.40. The van der Waals surface area contributed by atoms with Gasteiger partial charge in [0.25, 0.3) is 0 Å². The third-order valence-electron chi connectivity index (χ3n) is 4.06. The summed E-state index contributed by atoms with van der Waals surface area (Å²) in [7, 11) is -3.15. The number of nitrogens with zero attached hydrogens (tertiary/aromatic N) is 4. The summed E-state index contributed by atoms with van der Waals surface area (Å²) in [4.78, 5) is 14.0. The van der Waals surface area contributed by atoms with E-state index < -0.39 is 10.0 Å². The lowest BCUT2D eigenvalue weighted by Gasteiger charge is -2.32. The Hall–Kier alpha value is -1.14. The van der Waals surface area contributed by atoms with Crippen molar-refractivity contribution in [3.8, 4) is 0 Å². The minimum absolute atomic E-state index is 0.00257. The lowest BCUT2D eigenvalue weighted by molar-refractivity contribution is -0.117. The highest BCUT2D eigenvalue weighted by Crippen LogP contribution is 2.31. The lowest BCUT2D eigenvalue weighted by Crippen LogP contribution is -2.50. The van der Waals surface area contributed by atoms with E-state index in [9.17, 15) is 13.2 Å². The molecule has 0 radical (unpaired) electrons. The van der Waals surface area contributed by atoms with Crippen LogP contribution in [0.4, 0.5) is 5.13 Å². The van der Waals surface area contributed by atoms with Crippen LogP contribution in [-0.4, -0.2) is 79.3 Å². The molecule has 1 atom stereocenters. The molecule has 0 aromatic carbocycles. The van der Waals surface area contributed by atoms with E-state index in [0.29, 0.717) is 31.3 Å². The zero-order valence-electron chi connectivity index (χ0n) is 13.5. The fraction of sp³-hybridized carbons (Fsp3) is 0.769. The van der Waals surface area contributed by atoms with Gasteiger partial charge < -0.3 is 4.74 Å². The minimum atomic E-state index is -3.15. The van der Waals surface area contributed by atoms with E-state index in [1.807, 2.05) is 4.90 Å². The van der Waals surface area contributed by atoms with Crippen molar-refractivity contribution < 1.29 is 17.9 Å². The molecule has 3 rings (SSSR count). The van der Waals surface area contributed by atoms with E-state index in [1.165, 1.54) is 21.9 Å². The Morgan fingerprint density at radius 3 is 2.71 bits per heavy atom. The number of amides is 1. The fourth-order valence-corrected chi connectivity index (χ4v) is 4.44. The van der Waals surface area contributed by atoms with Crippen LogP contribution in [-0.2, 0) is 19.6 Å². The number of sulfonamides is 1. The molecule has 2 aliphatic rings. The van der Waals surface area contributed by atoms with Crippen molar-refractivity contribution in [1.29, 1.82) is 0 Å². The highest BCUT2D eigenvalue weighted by Gasteiger charge is 2.25. The zero-order chi connectivity index (χ0) is 17.2. The summed E-state index contributed by atoms with van der Waals surface area (Å²) in [6, 6.07) is 0. The molecule has 2 aliphatic heterocycles. The number of nitrogens with one attached hydrogen (secondary N) is 1. The molecule has 2 fully saturated rings. The van der Waals surface area contributed by atoms with E-state index in [0.717, 1.165) is 24.5 Å². The molecule has 3 heterocycles. The summed E-state index contributed by atoms with van der Waals surface area (Å²) in [6.07, 6.45) is 3.16. The van der Waals surface area contributed by atoms with E-state index in [1.54, 1.807) is 0 Å². The molecule has 11 heteroatoms. The van der Waals surface area contributed by atoms with Crippen molar-refractivity contribution >= 4 is 32.4 Å². The number of carbonyl (C=O) groups is 1. The predicted molar refractivity (Wildman–Crippen MR) is 89.3 cm³/mol. The Bertz CT molecular complexity index is 678. The summed E-state index contributed by atoms with van der Waals surface area (Å²) in [5, 5.41) is 12.1. The molecule has 1 unspecified atom stereocenters. The molecular weight excluding hydrogens is 354 g/mol. The molecule has 9 nitrogen and oxygen atoms in total. The second-order valence-corrected chi connectivity index (χ2v) is 8.93. The monoisotopic (exact) mass is 375 g/mol. The maximum Gasteiger partial charge on any atom is 0.240 e. The van der Waals surface area contributed by atoms with Crippen LogP contribution in [0, 0.1) is 0 Å². The molecule has 0 spiro atoms. The van der Waals surface area contributed by atoms with Crippen molar-refractivity contribution in [2.24, 2.45) is 0 Å². The molecule has 0 bridgehead atoms. The highest BCUT2D eigenvalue weighted by atomic mass is 32.2. The van der Waals surface area contributed by atoms with Gasteiger partial charge in [-0.1, -0.05) is 11.3 Å². The molecule has 0 saturated carbocycles. The quantitative estimate of drug-likeness (QED) is 0.766. The summed E-state index contributed by atoms with van der Waals surface area (Å²) >= 11 is 1.34. The molecule has 1 aromatic heterocycles. The normalized spacial score (nSPS) is 23.5. The first-order chi connectivity index (χ1) is 11.4. The molecule has 24 heavy (non-hydrogen) atoms. The SMILES string of the molecule is CS(=O)(=O)N1CCN(CC(=O)Nc2nnc(C3CCCO3)s2)CC1. The largest absolute Gasteiger partial charge is 0.371 e. The van der Waals surface area contributed by atoms with Crippen LogP contribution >= 0.6 is 11.3 Å².